The number of hydrogen-bond donors (Lipinski definition) is 2. The maximum atomic E-state index is 12.9. The van der Waals surface area contributed by atoms with Gasteiger partial charge in [0, 0.05) is 12.6 Å². The molecule has 0 saturated carbocycles. The van der Waals surface area contributed by atoms with Gasteiger partial charge in [-0.1, -0.05) is 6.92 Å². The lowest BCUT2D eigenvalue weighted by Gasteiger charge is -2.14. The third-order valence-corrected chi connectivity index (χ3v) is 5.09. The standard InChI is InChI=1S/C19H20N2O5S/c1-4-8-21-13-7-9-27-17(13)16(22)15(19(21)24)18(23)20-12-10-11(25-2)5-6-14(12)26-3/h5-7,9-10,22H,4,8H2,1-3H3,(H,20,23). The Morgan fingerprint density at radius 2 is 2.04 bits per heavy atom. The fourth-order valence-corrected chi connectivity index (χ4v) is 3.74. The van der Waals surface area contributed by atoms with Gasteiger partial charge in [-0.15, -0.1) is 11.3 Å². The molecule has 0 bridgehead atoms. The first-order valence-electron chi connectivity index (χ1n) is 8.38. The smallest absolute Gasteiger partial charge is 0.267 e. The number of nitrogens with zero attached hydrogens (tertiary/aromatic N) is 1. The van der Waals surface area contributed by atoms with E-state index in [2.05, 4.69) is 5.32 Å². The summed E-state index contributed by atoms with van der Waals surface area (Å²) in [4.78, 5) is 25.8. The fraction of sp³-hybridized carbons (Fsp3) is 0.263. The van der Waals surface area contributed by atoms with Crippen LogP contribution in [0.4, 0.5) is 5.69 Å². The van der Waals surface area contributed by atoms with Crippen molar-refractivity contribution >= 4 is 33.1 Å². The molecule has 0 aliphatic rings. The highest BCUT2D eigenvalue weighted by Crippen LogP contribution is 2.33. The summed E-state index contributed by atoms with van der Waals surface area (Å²) in [5, 5.41) is 15.0. The predicted octanol–water partition coefficient (Wildman–Crippen LogP) is 3.45. The summed E-state index contributed by atoms with van der Waals surface area (Å²) in [6.07, 6.45) is 0.723. The second-order valence-corrected chi connectivity index (χ2v) is 6.75. The Balaban J connectivity index is 2.10. The molecule has 0 atom stereocenters. The molecule has 3 aromatic rings. The van der Waals surface area contributed by atoms with Gasteiger partial charge < -0.3 is 24.5 Å². The Morgan fingerprint density at radius 3 is 2.70 bits per heavy atom. The number of amides is 1. The Bertz CT molecular complexity index is 1050. The number of carbonyl (C=O) groups excluding carboxylic acids is 1. The quantitative estimate of drug-likeness (QED) is 0.675. The monoisotopic (exact) mass is 388 g/mol. The average molecular weight is 388 g/mol. The van der Waals surface area contributed by atoms with Crippen LogP contribution in [-0.4, -0.2) is 29.8 Å². The largest absolute Gasteiger partial charge is 0.505 e. The molecule has 1 aromatic carbocycles. The number of ether oxygens (including phenoxy) is 2. The van der Waals surface area contributed by atoms with Gasteiger partial charge in [0.2, 0.25) is 0 Å². The molecule has 3 rings (SSSR count). The fourth-order valence-electron chi connectivity index (χ4n) is 2.90. The number of aromatic hydroxyl groups is 1. The molecule has 0 spiro atoms. The van der Waals surface area contributed by atoms with E-state index in [1.807, 2.05) is 6.92 Å². The maximum Gasteiger partial charge on any atom is 0.267 e. The van der Waals surface area contributed by atoms with E-state index in [0.29, 0.717) is 33.9 Å². The number of pyridine rings is 1. The van der Waals surface area contributed by atoms with Crippen LogP contribution in [0.5, 0.6) is 17.2 Å². The van der Waals surface area contributed by atoms with Crippen molar-refractivity contribution in [2.75, 3.05) is 19.5 Å². The number of benzene rings is 1. The van der Waals surface area contributed by atoms with Crippen molar-refractivity contribution < 1.29 is 19.4 Å². The number of nitrogens with one attached hydrogen (secondary N) is 1. The topological polar surface area (TPSA) is 89.8 Å². The molecule has 1 amide bonds. The second kappa shape index (κ2) is 7.71. The molecule has 2 N–H and O–H groups in total. The van der Waals surface area contributed by atoms with E-state index < -0.39 is 11.5 Å². The van der Waals surface area contributed by atoms with E-state index in [9.17, 15) is 14.7 Å². The molecule has 142 valence electrons. The van der Waals surface area contributed by atoms with Crippen LogP contribution in [0.2, 0.25) is 0 Å². The number of anilines is 1. The van der Waals surface area contributed by atoms with E-state index in [1.165, 1.54) is 30.1 Å². The molecule has 2 heterocycles. The van der Waals surface area contributed by atoms with Gasteiger partial charge in [-0.2, -0.15) is 0 Å². The first kappa shape index (κ1) is 18.8. The number of methoxy groups -OCH3 is 2. The summed E-state index contributed by atoms with van der Waals surface area (Å²) in [6, 6.07) is 6.69. The number of hydrogen-bond acceptors (Lipinski definition) is 6. The highest BCUT2D eigenvalue weighted by atomic mass is 32.1. The van der Waals surface area contributed by atoms with E-state index in [1.54, 1.807) is 29.6 Å². The highest BCUT2D eigenvalue weighted by molar-refractivity contribution is 7.17. The molecule has 2 aromatic heterocycles. The van der Waals surface area contributed by atoms with Crippen molar-refractivity contribution in [2.45, 2.75) is 19.9 Å². The number of rotatable bonds is 6. The molecule has 0 saturated heterocycles. The van der Waals surface area contributed by atoms with Crippen LogP contribution in [0.25, 0.3) is 10.2 Å². The van der Waals surface area contributed by atoms with Crippen LogP contribution < -0.4 is 20.3 Å². The van der Waals surface area contributed by atoms with Gasteiger partial charge in [0.25, 0.3) is 11.5 Å². The minimum Gasteiger partial charge on any atom is -0.505 e. The Kier molecular flexibility index (Phi) is 5.36. The minimum absolute atomic E-state index is 0.289. The van der Waals surface area contributed by atoms with Crippen molar-refractivity contribution in [1.82, 2.24) is 4.57 Å². The lowest BCUT2D eigenvalue weighted by Crippen LogP contribution is -2.29. The summed E-state index contributed by atoms with van der Waals surface area (Å²) in [7, 11) is 2.98. The third kappa shape index (κ3) is 3.35. The van der Waals surface area contributed by atoms with Gasteiger partial charge in [0.05, 0.1) is 30.1 Å². The number of carbonyl (C=O) groups is 1. The van der Waals surface area contributed by atoms with Crippen LogP contribution in [0.1, 0.15) is 23.7 Å². The van der Waals surface area contributed by atoms with Crippen molar-refractivity contribution in [2.24, 2.45) is 0 Å². The Morgan fingerprint density at radius 1 is 1.26 bits per heavy atom. The van der Waals surface area contributed by atoms with E-state index in [-0.39, 0.29) is 11.3 Å². The van der Waals surface area contributed by atoms with E-state index >= 15 is 0 Å². The molecule has 0 fully saturated rings. The minimum atomic E-state index is -0.704. The SMILES string of the molecule is CCCn1c(=O)c(C(=O)Nc2cc(OC)ccc2OC)c(O)c2sccc21. The molecular formula is C19H20N2O5S. The zero-order valence-electron chi connectivity index (χ0n) is 15.2. The molecule has 8 heteroatoms. The summed E-state index contributed by atoms with van der Waals surface area (Å²) >= 11 is 1.28. The molecule has 0 aliphatic carbocycles. The van der Waals surface area contributed by atoms with E-state index in [0.717, 1.165) is 6.42 Å². The maximum absolute atomic E-state index is 12.9. The number of thiophene rings is 1. The first-order valence-corrected chi connectivity index (χ1v) is 9.26. The van der Waals surface area contributed by atoms with Crippen LogP contribution >= 0.6 is 11.3 Å². The average Bonchev–Trinajstić information content (AvgIpc) is 3.15. The van der Waals surface area contributed by atoms with Crippen molar-refractivity contribution in [3.63, 3.8) is 0 Å². The lowest BCUT2D eigenvalue weighted by molar-refractivity contribution is 0.102. The summed E-state index contributed by atoms with van der Waals surface area (Å²) < 4.78 is 12.4. The van der Waals surface area contributed by atoms with E-state index in [4.69, 9.17) is 9.47 Å². The second-order valence-electron chi connectivity index (χ2n) is 5.84. The van der Waals surface area contributed by atoms with Gasteiger partial charge >= 0.3 is 0 Å². The summed E-state index contributed by atoms with van der Waals surface area (Å²) in [5.74, 6) is -0.0805. The number of fused-ring (bicyclic) bond motifs is 1. The van der Waals surface area contributed by atoms with Gasteiger partial charge in [-0.25, -0.2) is 0 Å². The van der Waals surface area contributed by atoms with Crippen LogP contribution in [-0.2, 0) is 6.54 Å². The molecule has 0 radical (unpaired) electrons. The van der Waals surface area contributed by atoms with Crippen molar-refractivity contribution in [3.05, 3.63) is 45.6 Å². The van der Waals surface area contributed by atoms with Crippen molar-refractivity contribution in [3.8, 4) is 17.2 Å². The highest BCUT2D eigenvalue weighted by Gasteiger charge is 2.23. The molecule has 0 unspecified atom stereocenters. The normalized spacial score (nSPS) is 10.8. The van der Waals surface area contributed by atoms with Gasteiger partial charge in [0.15, 0.2) is 5.75 Å². The number of aromatic nitrogens is 1. The van der Waals surface area contributed by atoms with Crippen LogP contribution in [0, 0.1) is 0 Å². The first-order chi connectivity index (χ1) is 13.0. The molecule has 27 heavy (non-hydrogen) atoms. The number of aryl methyl sites for hydroxylation is 1. The predicted molar refractivity (Wildman–Crippen MR) is 106 cm³/mol. The molecular weight excluding hydrogens is 368 g/mol. The van der Waals surface area contributed by atoms with Crippen LogP contribution in [0.3, 0.4) is 0 Å². The van der Waals surface area contributed by atoms with Gasteiger partial charge in [-0.05, 0) is 30.0 Å². The van der Waals surface area contributed by atoms with Gasteiger partial charge in [-0.3, -0.25) is 9.59 Å². The Hall–Kier alpha value is -3.00. The molecule has 0 aliphatic heterocycles. The third-order valence-electron chi connectivity index (χ3n) is 4.18. The lowest BCUT2D eigenvalue weighted by atomic mass is 10.2. The van der Waals surface area contributed by atoms with Crippen LogP contribution in [0.15, 0.2) is 34.4 Å². The summed E-state index contributed by atoms with van der Waals surface area (Å²) in [6.45, 7) is 2.40. The molecule has 7 nitrogen and oxygen atoms in total. The summed E-state index contributed by atoms with van der Waals surface area (Å²) in [5.41, 5.74) is 0.150. The van der Waals surface area contributed by atoms with Crippen molar-refractivity contribution in [1.29, 1.82) is 0 Å². The zero-order valence-corrected chi connectivity index (χ0v) is 16.1. The Labute approximate surface area is 159 Å². The zero-order chi connectivity index (χ0) is 19.6. The van der Waals surface area contributed by atoms with Gasteiger partial charge in [0.1, 0.15) is 17.1 Å².